The zero-order valence-corrected chi connectivity index (χ0v) is 12.1. The fourth-order valence-electron chi connectivity index (χ4n) is 2.45. The van der Waals surface area contributed by atoms with Gasteiger partial charge in [0.15, 0.2) is 0 Å². The second kappa shape index (κ2) is 5.39. The molecule has 2 atom stereocenters. The Labute approximate surface area is 114 Å². The smallest absolute Gasteiger partial charge is 0.124 e. The van der Waals surface area contributed by atoms with Gasteiger partial charge in [0.25, 0.3) is 0 Å². The van der Waals surface area contributed by atoms with E-state index in [4.69, 9.17) is 19.9 Å². The van der Waals surface area contributed by atoms with Gasteiger partial charge in [0.2, 0.25) is 0 Å². The minimum atomic E-state index is -0.200. The number of methoxy groups -OCH3 is 2. The molecule has 0 fully saturated rings. The third-order valence-corrected chi connectivity index (χ3v) is 3.70. The van der Waals surface area contributed by atoms with E-state index in [0.717, 1.165) is 29.9 Å². The average molecular weight is 265 g/mol. The van der Waals surface area contributed by atoms with E-state index in [-0.39, 0.29) is 17.7 Å². The molecule has 0 aliphatic carbocycles. The Morgan fingerprint density at radius 3 is 2.74 bits per heavy atom. The van der Waals surface area contributed by atoms with Crippen LogP contribution in [0.25, 0.3) is 0 Å². The Kier molecular flexibility index (Phi) is 4.02. The first-order valence-electron chi connectivity index (χ1n) is 6.60. The summed E-state index contributed by atoms with van der Waals surface area (Å²) in [6.07, 6.45) is 1.71. The SMILES string of the molecule is COc1ccc2c(c1)C(N)CC(CC(C)(C)OC)O2. The van der Waals surface area contributed by atoms with Gasteiger partial charge in [0.05, 0.1) is 12.7 Å². The zero-order valence-electron chi connectivity index (χ0n) is 12.1. The fourth-order valence-corrected chi connectivity index (χ4v) is 2.45. The largest absolute Gasteiger partial charge is 0.497 e. The Balaban J connectivity index is 2.16. The fraction of sp³-hybridized carbons (Fsp3) is 0.600. The molecule has 2 unspecified atom stereocenters. The van der Waals surface area contributed by atoms with E-state index in [9.17, 15) is 0 Å². The van der Waals surface area contributed by atoms with Crippen LogP contribution >= 0.6 is 0 Å². The number of benzene rings is 1. The first-order chi connectivity index (χ1) is 8.95. The highest BCUT2D eigenvalue weighted by atomic mass is 16.5. The number of nitrogens with two attached hydrogens (primary N) is 1. The molecule has 0 saturated heterocycles. The Hall–Kier alpha value is -1.26. The van der Waals surface area contributed by atoms with Crippen LogP contribution in [0.5, 0.6) is 11.5 Å². The number of ether oxygens (including phenoxy) is 3. The van der Waals surface area contributed by atoms with Crippen molar-refractivity contribution in [2.24, 2.45) is 5.73 Å². The normalized spacial score (nSPS) is 22.6. The van der Waals surface area contributed by atoms with Crippen LogP contribution in [0.3, 0.4) is 0 Å². The van der Waals surface area contributed by atoms with Crippen molar-refractivity contribution >= 4 is 0 Å². The molecule has 1 aromatic rings. The Morgan fingerprint density at radius 1 is 1.37 bits per heavy atom. The van der Waals surface area contributed by atoms with Crippen molar-refractivity contribution in [3.63, 3.8) is 0 Å². The predicted molar refractivity (Wildman–Crippen MR) is 74.7 cm³/mol. The third-order valence-electron chi connectivity index (χ3n) is 3.70. The molecule has 2 N–H and O–H groups in total. The number of rotatable bonds is 4. The second-order valence-electron chi connectivity index (χ2n) is 5.65. The summed E-state index contributed by atoms with van der Waals surface area (Å²) in [6, 6.07) is 5.77. The summed E-state index contributed by atoms with van der Waals surface area (Å²) in [7, 11) is 3.38. The molecule has 1 aliphatic rings. The molecule has 0 radical (unpaired) electrons. The van der Waals surface area contributed by atoms with E-state index in [1.807, 2.05) is 18.2 Å². The van der Waals surface area contributed by atoms with Crippen LogP contribution < -0.4 is 15.2 Å². The van der Waals surface area contributed by atoms with Crippen LogP contribution in [-0.2, 0) is 4.74 Å². The van der Waals surface area contributed by atoms with E-state index in [2.05, 4.69) is 13.8 Å². The molecule has 1 aromatic carbocycles. The van der Waals surface area contributed by atoms with Gasteiger partial charge < -0.3 is 19.9 Å². The van der Waals surface area contributed by atoms with Crippen LogP contribution in [0.2, 0.25) is 0 Å². The van der Waals surface area contributed by atoms with Gasteiger partial charge in [0, 0.05) is 31.6 Å². The average Bonchev–Trinajstić information content (AvgIpc) is 2.38. The van der Waals surface area contributed by atoms with Crippen molar-refractivity contribution in [1.29, 1.82) is 0 Å². The highest BCUT2D eigenvalue weighted by Gasteiger charge is 2.31. The summed E-state index contributed by atoms with van der Waals surface area (Å²) in [6.45, 7) is 4.12. The van der Waals surface area contributed by atoms with Crippen LogP contribution in [0.1, 0.15) is 38.3 Å². The molecule has 0 aromatic heterocycles. The van der Waals surface area contributed by atoms with Crippen LogP contribution in [-0.4, -0.2) is 25.9 Å². The lowest BCUT2D eigenvalue weighted by Crippen LogP contribution is -2.36. The van der Waals surface area contributed by atoms with Gasteiger partial charge in [-0.3, -0.25) is 0 Å². The maximum absolute atomic E-state index is 6.24. The van der Waals surface area contributed by atoms with Crippen molar-refractivity contribution in [2.75, 3.05) is 14.2 Å². The van der Waals surface area contributed by atoms with Gasteiger partial charge in [-0.1, -0.05) is 0 Å². The maximum atomic E-state index is 6.24. The van der Waals surface area contributed by atoms with E-state index in [1.165, 1.54) is 0 Å². The maximum Gasteiger partial charge on any atom is 0.124 e. The van der Waals surface area contributed by atoms with Crippen LogP contribution in [0, 0.1) is 0 Å². The van der Waals surface area contributed by atoms with Crippen molar-refractivity contribution in [3.8, 4) is 11.5 Å². The summed E-state index contributed by atoms with van der Waals surface area (Å²) in [4.78, 5) is 0. The minimum absolute atomic E-state index is 0.0171. The first kappa shape index (κ1) is 14.2. The van der Waals surface area contributed by atoms with E-state index in [0.29, 0.717) is 0 Å². The van der Waals surface area contributed by atoms with Gasteiger partial charge in [0.1, 0.15) is 17.6 Å². The molecular weight excluding hydrogens is 242 g/mol. The summed E-state index contributed by atoms with van der Waals surface area (Å²) < 4.78 is 16.7. The monoisotopic (exact) mass is 265 g/mol. The van der Waals surface area contributed by atoms with Gasteiger partial charge >= 0.3 is 0 Å². The number of fused-ring (bicyclic) bond motifs is 1. The lowest BCUT2D eigenvalue weighted by molar-refractivity contribution is -0.0194. The standard InChI is InChI=1S/C15H23NO3/c1-15(2,18-4)9-11-8-13(16)12-7-10(17-3)5-6-14(12)19-11/h5-7,11,13H,8-9,16H2,1-4H3. The van der Waals surface area contributed by atoms with Crippen molar-refractivity contribution < 1.29 is 14.2 Å². The molecule has 19 heavy (non-hydrogen) atoms. The predicted octanol–water partition coefficient (Wildman–Crippen LogP) is 2.66. The van der Waals surface area contributed by atoms with Gasteiger partial charge in [-0.25, -0.2) is 0 Å². The molecule has 4 nitrogen and oxygen atoms in total. The van der Waals surface area contributed by atoms with E-state index >= 15 is 0 Å². The molecule has 0 spiro atoms. The molecule has 0 bridgehead atoms. The zero-order chi connectivity index (χ0) is 14.0. The van der Waals surface area contributed by atoms with Crippen LogP contribution in [0.4, 0.5) is 0 Å². The molecule has 1 aliphatic heterocycles. The Morgan fingerprint density at radius 2 is 2.11 bits per heavy atom. The summed E-state index contributed by atoms with van der Waals surface area (Å²) >= 11 is 0. The molecule has 4 heteroatoms. The molecule has 1 heterocycles. The van der Waals surface area contributed by atoms with Crippen molar-refractivity contribution in [1.82, 2.24) is 0 Å². The van der Waals surface area contributed by atoms with E-state index < -0.39 is 0 Å². The number of hydrogen-bond donors (Lipinski definition) is 1. The van der Waals surface area contributed by atoms with Gasteiger partial charge in [-0.2, -0.15) is 0 Å². The van der Waals surface area contributed by atoms with Crippen molar-refractivity contribution in [2.45, 2.75) is 44.4 Å². The topological polar surface area (TPSA) is 53.7 Å². The molecule has 0 saturated carbocycles. The Bertz CT molecular complexity index is 445. The lowest BCUT2D eigenvalue weighted by atomic mass is 9.91. The first-order valence-corrected chi connectivity index (χ1v) is 6.60. The summed E-state index contributed by atoms with van der Waals surface area (Å²) in [5.74, 6) is 1.67. The lowest BCUT2D eigenvalue weighted by Gasteiger charge is -2.34. The van der Waals surface area contributed by atoms with Gasteiger partial charge in [-0.05, 0) is 32.0 Å². The quantitative estimate of drug-likeness (QED) is 0.909. The van der Waals surface area contributed by atoms with Crippen molar-refractivity contribution in [3.05, 3.63) is 23.8 Å². The van der Waals surface area contributed by atoms with Crippen LogP contribution in [0.15, 0.2) is 18.2 Å². The van der Waals surface area contributed by atoms with E-state index in [1.54, 1.807) is 14.2 Å². The molecule has 0 amide bonds. The third kappa shape index (κ3) is 3.19. The molecule has 106 valence electrons. The minimum Gasteiger partial charge on any atom is -0.497 e. The molecular formula is C15H23NO3. The molecule has 2 rings (SSSR count). The van der Waals surface area contributed by atoms with Gasteiger partial charge in [-0.15, -0.1) is 0 Å². The summed E-state index contributed by atoms with van der Waals surface area (Å²) in [5.41, 5.74) is 7.06. The highest BCUT2D eigenvalue weighted by Crippen LogP contribution is 2.38. The second-order valence-corrected chi connectivity index (χ2v) is 5.65. The highest BCUT2D eigenvalue weighted by molar-refractivity contribution is 5.43. The summed E-state index contributed by atoms with van der Waals surface area (Å²) in [5, 5.41) is 0. The number of hydrogen-bond acceptors (Lipinski definition) is 4.